The molecule has 2 saturated carbocycles. The minimum atomic E-state index is -0.981. The fourth-order valence-corrected chi connectivity index (χ4v) is 5.54. The molecule has 1 aromatic rings. The molecule has 6 rings (SSSR count). The molecule has 1 aliphatic heterocycles. The number of amides is 2. The maximum atomic E-state index is 12.9. The first kappa shape index (κ1) is 18.3. The summed E-state index contributed by atoms with van der Waals surface area (Å²) >= 11 is 0. The molecule has 1 saturated heterocycles. The van der Waals surface area contributed by atoms with Crippen LogP contribution in [0.2, 0.25) is 0 Å². The first-order valence-corrected chi connectivity index (χ1v) is 10.2. The number of esters is 1. The predicted octanol–water partition coefficient (Wildman–Crippen LogP) is 2.16. The van der Waals surface area contributed by atoms with E-state index in [1.807, 2.05) is 19.1 Å². The summed E-state index contributed by atoms with van der Waals surface area (Å²) in [6.45, 7) is 3.00. The van der Waals surface area contributed by atoms with Gasteiger partial charge in [0.15, 0.2) is 6.10 Å². The molecule has 0 unspecified atom stereocenters. The first-order chi connectivity index (χ1) is 13.9. The fraction of sp³-hybridized carbons (Fsp3) is 0.478. The molecule has 29 heavy (non-hydrogen) atoms. The van der Waals surface area contributed by atoms with E-state index in [1.165, 1.54) is 6.92 Å². The summed E-state index contributed by atoms with van der Waals surface area (Å²) in [5.41, 5.74) is 1.48. The van der Waals surface area contributed by atoms with E-state index in [1.54, 1.807) is 12.1 Å². The zero-order valence-corrected chi connectivity index (χ0v) is 16.4. The predicted molar refractivity (Wildman–Crippen MR) is 102 cm³/mol. The lowest BCUT2D eigenvalue weighted by Gasteiger charge is -2.37. The van der Waals surface area contributed by atoms with Gasteiger partial charge in [-0.15, -0.1) is 0 Å². The van der Waals surface area contributed by atoms with Crippen LogP contribution in [0.5, 0.6) is 0 Å². The van der Waals surface area contributed by atoms with Crippen molar-refractivity contribution in [3.63, 3.8) is 0 Å². The second-order valence-electron chi connectivity index (χ2n) is 8.78. The Bertz CT molecular complexity index is 913. The number of benzene rings is 1. The van der Waals surface area contributed by atoms with Crippen LogP contribution < -0.4 is 0 Å². The number of hydrogen-bond acceptors (Lipinski definition) is 5. The minimum absolute atomic E-state index is 0.120. The third-order valence-corrected chi connectivity index (χ3v) is 7.05. The van der Waals surface area contributed by atoms with E-state index < -0.39 is 18.6 Å². The zero-order valence-electron chi connectivity index (χ0n) is 16.4. The number of rotatable bonds is 5. The van der Waals surface area contributed by atoms with Gasteiger partial charge in [0.05, 0.1) is 11.8 Å². The van der Waals surface area contributed by atoms with Crippen LogP contribution in [0.3, 0.4) is 0 Å². The molecule has 0 N–H and O–H groups in total. The Balaban J connectivity index is 1.24. The van der Waals surface area contributed by atoms with Crippen LogP contribution in [0.4, 0.5) is 0 Å². The van der Waals surface area contributed by atoms with E-state index in [2.05, 4.69) is 12.2 Å². The lowest BCUT2D eigenvalue weighted by molar-refractivity contribution is -0.154. The fourth-order valence-electron chi connectivity index (χ4n) is 5.54. The average molecular weight is 393 g/mol. The van der Waals surface area contributed by atoms with Gasteiger partial charge < -0.3 is 4.74 Å². The van der Waals surface area contributed by atoms with Gasteiger partial charge in [0.1, 0.15) is 6.54 Å². The van der Waals surface area contributed by atoms with E-state index in [4.69, 9.17) is 4.74 Å². The van der Waals surface area contributed by atoms with E-state index in [9.17, 15) is 19.2 Å². The summed E-state index contributed by atoms with van der Waals surface area (Å²) in [4.78, 5) is 51.7. The maximum absolute atomic E-state index is 12.9. The molecule has 2 bridgehead atoms. The lowest BCUT2D eigenvalue weighted by Crippen LogP contribution is -2.40. The highest BCUT2D eigenvalue weighted by atomic mass is 16.5. The van der Waals surface area contributed by atoms with E-state index in [0.29, 0.717) is 17.4 Å². The maximum Gasteiger partial charge on any atom is 0.326 e. The average Bonchev–Trinajstić information content (AvgIpc) is 3.49. The van der Waals surface area contributed by atoms with Crippen LogP contribution >= 0.6 is 0 Å². The summed E-state index contributed by atoms with van der Waals surface area (Å²) in [7, 11) is 0. The number of likely N-dealkylation sites (tertiary alicyclic amines) is 1. The summed E-state index contributed by atoms with van der Waals surface area (Å²) in [5.74, 6) is -0.968. The van der Waals surface area contributed by atoms with Gasteiger partial charge in [-0.25, -0.2) is 0 Å². The van der Waals surface area contributed by atoms with Gasteiger partial charge in [0, 0.05) is 5.56 Å². The smallest absolute Gasteiger partial charge is 0.326 e. The second kappa shape index (κ2) is 6.37. The van der Waals surface area contributed by atoms with Crippen molar-refractivity contribution in [1.29, 1.82) is 0 Å². The SMILES string of the molecule is Cc1ccc(C(=O)[C@H](C)OC(=O)CN2C(=O)[C@@H]3[C@H]4C=C[C@@H]([C@@H]5C[C@@H]45)[C@H]3C2=O)cc1. The summed E-state index contributed by atoms with van der Waals surface area (Å²) < 4.78 is 5.26. The number of imide groups is 1. The quantitative estimate of drug-likeness (QED) is 0.331. The number of hydrogen-bond donors (Lipinski definition) is 0. The molecule has 0 aromatic heterocycles. The van der Waals surface area contributed by atoms with Crippen molar-refractivity contribution in [2.24, 2.45) is 35.5 Å². The summed E-state index contributed by atoms with van der Waals surface area (Å²) in [6, 6.07) is 7.01. The van der Waals surface area contributed by atoms with Gasteiger partial charge in [-0.3, -0.25) is 24.1 Å². The van der Waals surface area contributed by atoms with Crippen molar-refractivity contribution in [2.45, 2.75) is 26.4 Å². The zero-order chi connectivity index (χ0) is 20.4. The molecule has 6 nitrogen and oxygen atoms in total. The molecule has 4 aliphatic carbocycles. The molecule has 7 atom stereocenters. The van der Waals surface area contributed by atoms with Crippen LogP contribution in [0.25, 0.3) is 0 Å². The third kappa shape index (κ3) is 2.76. The summed E-state index contributed by atoms with van der Waals surface area (Å²) in [5, 5.41) is 0. The van der Waals surface area contributed by atoms with Crippen molar-refractivity contribution in [1.82, 2.24) is 4.90 Å². The van der Waals surface area contributed by atoms with Crippen LogP contribution in [-0.4, -0.2) is 41.1 Å². The van der Waals surface area contributed by atoms with Crippen molar-refractivity contribution < 1.29 is 23.9 Å². The molecule has 0 radical (unpaired) electrons. The highest BCUT2D eigenvalue weighted by Crippen LogP contribution is 2.65. The van der Waals surface area contributed by atoms with Gasteiger partial charge >= 0.3 is 5.97 Å². The Morgan fingerprint density at radius 2 is 1.59 bits per heavy atom. The van der Waals surface area contributed by atoms with Crippen molar-refractivity contribution >= 4 is 23.6 Å². The molecule has 1 aromatic carbocycles. The van der Waals surface area contributed by atoms with E-state index >= 15 is 0 Å². The minimum Gasteiger partial charge on any atom is -0.453 e. The Kier molecular flexibility index (Phi) is 4.02. The van der Waals surface area contributed by atoms with Crippen LogP contribution in [0.15, 0.2) is 36.4 Å². The second-order valence-corrected chi connectivity index (χ2v) is 8.78. The number of carbonyl (C=O) groups is 4. The van der Waals surface area contributed by atoms with E-state index in [0.717, 1.165) is 16.9 Å². The molecule has 0 spiro atoms. The topological polar surface area (TPSA) is 80.8 Å². The number of Topliss-reactive ketones (excluding diaryl/α,β-unsaturated/α-hetero) is 1. The highest BCUT2D eigenvalue weighted by Gasteiger charge is 2.67. The molecular weight excluding hydrogens is 370 g/mol. The number of nitrogens with zero attached hydrogens (tertiary/aromatic N) is 1. The molecule has 5 aliphatic rings. The van der Waals surface area contributed by atoms with E-state index in [-0.39, 0.29) is 41.3 Å². The number of carbonyl (C=O) groups excluding carboxylic acids is 4. The van der Waals surface area contributed by atoms with Gasteiger partial charge in [0.25, 0.3) is 0 Å². The van der Waals surface area contributed by atoms with Gasteiger partial charge in [-0.2, -0.15) is 0 Å². The molecule has 6 heteroatoms. The number of allylic oxidation sites excluding steroid dienone is 2. The molecular formula is C23H23NO5. The molecule has 3 fully saturated rings. The van der Waals surface area contributed by atoms with Gasteiger partial charge in [0.2, 0.25) is 17.6 Å². The number of ketones is 1. The molecule has 1 heterocycles. The monoisotopic (exact) mass is 393 g/mol. The normalized spacial score (nSPS) is 34.6. The van der Waals surface area contributed by atoms with Gasteiger partial charge in [-0.05, 0) is 43.9 Å². The Morgan fingerprint density at radius 3 is 2.14 bits per heavy atom. The Hall–Kier alpha value is -2.76. The van der Waals surface area contributed by atoms with Crippen LogP contribution in [0.1, 0.15) is 29.3 Å². The molecule has 150 valence electrons. The Labute approximate surface area is 168 Å². The lowest BCUT2D eigenvalue weighted by atomic mass is 9.63. The van der Waals surface area contributed by atoms with Crippen LogP contribution in [-0.2, 0) is 19.1 Å². The molecule has 2 amide bonds. The summed E-state index contributed by atoms with van der Waals surface area (Å²) in [6.07, 6.45) is 4.30. The van der Waals surface area contributed by atoms with Crippen molar-refractivity contribution in [3.8, 4) is 0 Å². The highest BCUT2D eigenvalue weighted by molar-refractivity contribution is 6.08. The van der Waals surface area contributed by atoms with Crippen molar-refractivity contribution in [2.75, 3.05) is 6.54 Å². The van der Waals surface area contributed by atoms with Gasteiger partial charge in [-0.1, -0.05) is 42.0 Å². The third-order valence-electron chi connectivity index (χ3n) is 7.05. The Morgan fingerprint density at radius 1 is 1.03 bits per heavy atom. The number of aryl methyl sites for hydroxylation is 1. The van der Waals surface area contributed by atoms with Crippen LogP contribution in [0, 0.1) is 42.4 Å². The standard InChI is InChI=1S/C23H23NO5/c1-11-3-5-13(6-4-11)21(26)12(2)29-18(25)10-24-22(27)19-14-7-8-15(17-9-16(14)17)20(19)23(24)28/h3-8,12,14-17,19-20H,9-10H2,1-2H3/t12-,14-,15-,16-,17-,19+,20+/m0/s1. The van der Waals surface area contributed by atoms with Crippen molar-refractivity contribution in [3.05, 3.63) is 47.5 Å². The largest absolute Gasteiger partial charge is 0.453 e. The first-order valence-electron chi connectivity index (χ1n) is 10.2. The number of ether oxygens (including phenoxy) is 1.